The number of nitrogens with zero attached hydrogens (tertiary/aromatic N) is 2. The third kappa shape index (κ3) is 4.05. The number of benzene rings is 2. The second-order valence-corrected chi connectivity index (χ2v) is 5.89. The van der Waals surface area contributed by atoms with Gasteiger partial charge in [0, 0.05) is 17.3 Å². The monoisotopic (exact) mass is 354 g/mol. The van der Waals surface area contributed by atoms with Crippen molar-refractivity contribution in [2.75, 3.05) is 5.32 Å². The second-order valence-electron chi connectivity index (χ2n) is 5.89. The molecule has 7 heteroatoms. The standard InChI is InChI=1S/C19H19FN4O2/c1-3-12(2)21-19(25)22-14-10-8-13(9-11-14)17-23-18(26-24-17)15-6-4-5-7-16(15)20/h4-12H,3H2,1-2H3,(H2,21,22,25)/t12-/m1/s1. The molecule has 1 atom stereocenters. The van der Waals surface area contributed by atoms with Gasteiger partial charge in [0.1, 0.15) is 5.82 Å². The minimum atomic E-state index is -0.422. The van der Waals surface area contributed by atoms with Crippen molar-refractivity contribution in [2.45, 2.75) is 26.3 Å². The molecule has 0 saturated carbocycles. The Labute approximate surface area is 150 Å². The van der Waals surface area contributed by atoms with Crippen molar-refractivity contribution in [1.82, 2.24) is 15.5 Å². The van der Waals surface area contributed by atoms with Gasteiger partial charge in [0.2, 0.25) is 5.82 Å². The normalized spacial score (nSPS) is 11.8. The molecule has 0 saturated heterocycles. The van der Waals surface area contributed by atoms with E-state index in [4.69, 9.17) is 4.52 Å². The van der Waals surface area contributed by atoms with Crippen LogP contribution in [0, 0.1) is 5.82 Å². The molecule has 2 amide bonds. The molecule has 2 aromatic carbocycles. The number of urea groups is 1. The lowest BCUT2D eigenvalue weighted by Crippen LogP contribution is -2.35. The van der Waals surface area contributed by atoms with Crippen LogP contribution in [0.25, 0.3) is 22.8 Å². The van der Waals surface area contributed by atoms with Gasteiger partial charge in [-0.15, -0.1) is 0 Å². The molecule has 0 bridgehead atoms. The van der Waals surface area contributed by atoms with Gasteiger partial charge in [0.05, 0.1) is 5.56 Å². The quantitative estimate of drug-likeness (QED) is 0.709. The number of hydrogen-bond donors (Lipinski definition) is 2. The minimum absolute atomic E-state index is 0.102. The zero-order valence-electron chi connectivity index (χ0n) is 14.5. The van der Waals surface area contributed by atoms with Crippen molar-refractivity contribution in [3.63, 3.8) is 0 Å². The van der Waals surface area contributed by atoms with Gasteiger partial charge in [-0.25, -0.2) is 9.18 Å². The summed E-state index contributed by atoms with van der Waals surface area (Å²) < 4.78 is 19.0. The average molecular weight is 354 g/mol. The van der Waals surface area contributed by atoms with Crippen molar-refractivity contribution in [3.8, 4) is 22.8 Å². The fourth-order valence-corrected chi connectivity index (χ4v) is 2.28. The number of carbonyl (C=O) groups excluding carboxylic acids is 1. The molecule has 0 fully saturated rings. The molecule has 26 heavy (non-hydrogen) atoms. The van der Waals surface area contributed by atoms with Crippen molar-refractivity contribution in [1.29, 1.82) is 0 Å². The Bertz CT molecular complexity index is 893. The number of anilines is 1. The van der Waals surface area contributed by atoms with Crippen LogP contribution in [0.2, 0.25) is 0 Å². The number of nitrogens with one attached hydrogen (secondary N) is 2. The van der Waals surface area contributed by atoms with Gasteiger partial charge >= 0.3 is 6.03 Å². The maximum Gasteiger partial charge on any atom is 0.319 e. The summed E-state index contributed by atoms with van der Waals surface area (Å²) in [7, 11) is 0. The second kappa shape index (κ2) is 7.77. The number of hydrogen-bond acceptors (Lipinski definition) is 4. The third-order valence-electron chi connectivity index (χ3n) is 3.92. The highest BCUT2D eigenvalue weighted by molar-refractivity contribution is 5.89. The van der Waals surface area contributed by atoms with E-state index in [2.05, 4.69) is 20.8 Å². The molecule has 134 valence electrons. The molecule has 2 N–H and O–H groups in total. The lowest BCUT2D eigenvalue weighted by Gasteiger charge is -2.12. The highest BCUT2D eigenvalue weighted by atomic mass is 19.1. The summed E-state index contributed by atoms with van der Waals surface area (Å²) in [6.07, 6.45) is 0.856. The van der Waals surface area contributed by atoms with Crippen LogP contribution in [0.1, 0.15) is 20.3 Å². The summed E-state index contributed by atoms with van der Waals surface area (Å²) in [6, 6.07) is 13.1. The van der Waals surface area contributed by atoms with E-state index < -0.39 is 5.82 Å². The lowest BCUT2D eigenvalue weighted by atomic mass is 10.2. The van der Waals surface area contributed by atoms with E-state index in [9.17, 15) is 9.18 Å². The fourth-order valence-electron chi connectivity index (χ4n) is 2.28. The minimum Gasteiger partial charge on any atom is -0.335 e. The number of amides is 2. The predicted octanol–water partition coefficient (Wildman–Crippen LogP) is 4.46. The van der Waals surface area contributed by atoms with Crippen LogP contribution >= 0.6 is 0 Å². The first-order valence-corrected chi connectivity index (χ1v) is 8.33. The molecular formula is C19H19FN4O2. The van der Waals surface area contributed by atoms with E-state index in [1.54, 1.807) is 42.5 Å². The third-order valence-corrected chi connectivity index (χ3v) is 3.92. The van der Waals surface area contributed by atoms with E-state index in [0.29, 0.717) is 17.1 Å². The molecule has 3 aromatic rings. The molecule has 0 aliphatic heterocycles. The summed E-state index contributed by atoms with van der Waals surface area (Å²) in [5.74, 6) is 0.0432. The van der Waals surface area contributed by atoms with E-state index >= 15 is 0 Å². The van der Waals surface area contributed by atoms with Gasteiger partial charge in [-0.2, -0.15) is 4.98 Å². The number of aromatic nitrogens is 2. The van der Waals surface area contributed by atoms with Crippen LogP contribution in [0.4, 0.5) is 14.9 Å². The van der Waals surface area contributed by atoms with Gasteiger partial charge < -0.3 is 15.2 Å². The first kappa shape index (κ1) is 17.6. The van der Waals surface area contributed by atoms with Gasteiger partial charge in [-0.1, -0.05) is 24.2 Å². The van der Waals surface area contributed by atoms with Crippen LogP contribution in [0.3, 0.4) is 0 Å². The Morgan fingerprint density at radius 1 is 1.19 bits per heavy atom. The van der Waals surface area contributed by atoms with Gasteiger partial charge in [0.25, 0.3) is 5.89 Å². The molecule has 6 nitrogen and oxygen atoms in total. The molecule has 0 radical (unpaired) electrons. The first-order chi connectivity index (χ1) is 12.6. The van der Waals surface area contributed by atoms with Gasteiger partial charge in [-0.05, 0) is 49.7 Å². The smallest absolute Gasteiger partial charge is 0.319 e. The Hall–Kier alpha value is -3.22. The van der Waals surface area contributed by atoms with Crippen LogP contribution in [0.5, 0.6) is 0 Å². The van der Waals surface area contributed by atoms with E-state index in [1.807, 2.05) is 13.8 Å². The summed E-state index contributed by atoms with van der Waals surface area (Å²) in [6.45, 7) is 3.94. The summed E-state index contributed by atoms with van der Waals surface area (Å²) >= 11 is 0. The van der Waals surface area contributed by atoms with Gasteiger partial charge in [0.15, 0.2) is 0 Å². The maximum atomic E-state index is 13.8. The molecule has 1 aromatic heterocycles. The SMILES string of the molecule is CC[C@@H](C)NC(=O)Nc1ccc(-c2noc(-c3ccccc3F)n2)cc1. The average Bonchev–Trinajstić information content (AvgIpc) is 3.12. The van der Waals surface area contributed by atoms with Crippen LogP contribution in [-0.2, 0) is 0 Å². The van der Waals surface area contributed by atoms with Crippen molar-refractivity contribution >= 4 is 11.7 Å². The van der Waals surface area contributed by atoms with E-state index in [0.717, 1.165) is 6.42 Å². The highest BCUT2D eigenvalue weighted by Gasteiger charge is 2.14. The Kier molecular flexibility index (Phi) is 5.26. The van der Waals surface area contributed by atoms with Crippen molar-refractivity contribution in [3.05, 3.63) is 54.3 Å². The van der Waals surface area contributed by atoms with Gasteiger partial charge in [-0.3, -0.25) is 0 Å². The molecule has 0 aliphatic carbocycles. The first-order valence-electron chi connectivity index (χ1n) is 8.33. The summed E-state index contributed by atoms with van der Waals surface area (Å²) in [4.78, 5) is 16.1. The zero-order chi connectivity index (χ0) is 18.5. The number of halogens is 1. The topological polar surface area (TPSA) is 80.0 Å². The van der Waals surface area contributed by atoms with E-state index in [-0.39, 0.29) is 23.5 Å². The maximum absolute atomic E-state index is 13.8. The summed E-state index contributed by atoms with van der Waals surface area (Å²) in [5, 5.41) is 9.48. The molecule has 0 spiro atoms. The molecule has 3 rings (SSSR count). The predicted molar refractivity (Wildman–Crippen MR) is 97.0 cm³/mol. The lowest BCUT2D eigenvalue weighted by molar-refractivity contribution is 0.249. The molecule has 0 aliphatic rings. The Balaban J connectivity index is 1.71. The molecule has 0 unspecified atom stereocenters. The van der Waals surface area contributed by atoms with Crippen molar-refractivity contribution < 1.29 is 13.7 Å². The largest absolute Gasteiger partial charge is 0.335 e. The molecular weight excluding hydrogens is 335 g/mol. The Morgan fingerprint density at radius 2 is 1.92 bits per heavy atom. The fraction of sp³-hybridized carbons (Fsp3) is 0.211. The number of carbonyl (C=O) groups is 1. The Morgan fingerprint density at radius 3 is 2.62 bits per heavy atom. The highest BCUT2D eigenvalue weighted by Crippen LogP contribution is 2.25. The zero-order valence-corrected chi connectivity index (χ0v) is 14.5. The summed E-state index contributed by atoms with van der Waals surface area (Å²) in [5.41, 5.74) is 1.60. The molecule has 1 heterocycles. The van der Waals surface area contributed by atoms with Crippen LogP contribution in [-0.4, -0.2) is 22.2 Å². The van der Waals surface area contributed by atoms with Crippen LogP contribution < -0.4 is 10.6 Å². The van der Waals surface area contributed by atoms with E-state index in [1.165, 1.54) is 6.07 Å². The number of rotatable bonds is 5. The van der Waals surface area contributed by atoms with Crippen molar-refractivity contribution in [2.24, 2.45) is 0 Å². The van der Waals surface area contributed by atoms with Crippen LogP contribution in [0.15, 0.2) is 53.1 Å².